The lowest BCUT2D eigenvalue weighted by Gasteiger charge is -2.32. The van der Waals surface area contributed by atoms with Gasteiger partial charge in [-0.2, -0.15) is 5.10 Å². The Bertz CT molecular complexity index is 644. The number of hydrazone groups is 1. The van der Waals surface area contributed by atoms with Crippen molar-refractivity contribution in [3.63, 3.8) is 0 Å². The average Bonchev–Trinajstić information content (AvgIpc) is 2.59. The zero-order valence-corrected chi connectivity index (χ0v) is 13.4. The molecule has 3 rings (SSSR count). The molecule has 2 amide bonds. The third-order valence-electron chi connectivity index (χ3n) is 3.96. The van der Waals surface area contributed by atoms with Crippen LogP contribution in [0, 0.1) is 6.92 Å². The Morgan fingerprint density at radius 3 is 3.00 bits per heavy atom. The molecule has 2 N–H and O–H groups in total. The molecular formula is C16H20N4O4. The number of pyridine rings is 1. The van der Waals surface area contributed by atoms with E-state index in [-0.39, 0.29) is 30.4 Å². The van der Waals surface area contributed by atoms with Crippen LogP contribution in [0.2, 0.25) is 0 Å². The number of hydrogen-bond acceptors (Lipinski definition) is 6. The van der Waals surface area contributed by atoms with Crippen LogP contribution in [0.15, 0.2) is 23.4 Å². The molecule has 0 bridgehead atoms. The van der Waals surface area contributed by atoms with Gasteiger partial charge in [-0.05, 0) is 25.5 Å². The van der Waals surface area contributed by atoms with Crippen molar-refractivity contribution in [2.24, 2.45) is 5.10 Å². The van der Waals surface area contributed by atoms with E-state index in [9.17, 15) is 9.59 Å². The number of carbonyl (C=O) groups is 2. The normalized spacial score (nSPS) is 23.9. The van der Waals surface area contributed by atoms with Crippen molar-refractivity contribution in [3.05, 3.63) is 24.0 Å². The summed E-state index contributed by atoms with van der Waals surface area (Å²) in [5, 5.41) is 6.76. The second-order valence-electron chi connectivity index (χ2n) is 5.83. The van der Waals surface area contributed by atoms with E-state index < -0.39 is 0 Å². The Kier molecular flexibility index (Phi) is 5.05. The largest absolute Gasteiger partial charge is 0.484 e. The Morgan fingerprint density at radius 1 is 1.42 bits per heavy atom. The van der Waals surface area contributed by atoms with Crippen LogP contribution in [0.5, 0.6) is 5.75 Å². The van der Waals surface area contributed by atoms with Gasteiger partial charge in [-0.3, -0.25) is 14.6 Å². The van der Waals surface area contributed by atoms with Gasteiger partial charge in [0, 0.05) is 25.1 Å². The predicted molar refractivity (Wildman–Crippen MR) is 85.6 cm³/mol. The number of nitrogens with zero attached hydrogens (tertiary/aromatic N) is 2. The van der Waals surface area contributed by atoms with E-state index in [0.717, 1.165) is 5.69 Å². The standard InChI is InChI=1S/C16H20N4O4/c1-10-2-3-11(8-17-10)24-14-9-23-7-6-12(14)18-16(22)13-4-5-15(21)20-19-13/h2-3,8,12,14H,4-7,9H2,1H3,(H,18,22)(H,20,21)/t12-,14+/m0/s1. The van der Waals surface area contributed by atoms with E-state index in [1.807, 2.05) is 19.1 Å². The Hall–Kier alpha value is -2.48. The second-order valence-corrected chi connectivity index (χ2v) is 5.83. The molecule has 8 nitrogen and oxygen atoms in total. The van der Waals surface area contributed by atoms with Crippen molar-refractivity contribution in [1.82, 2.24) is 15.7 Å². The molecule has 0 spiro atoms. The number of rotatable bonds is 4. The van der Waals surface area contributed by atoms with Gasteiger partial charge in [-0.25, -0.2) is 5.43 Å². The molecule has 24 heavy (non-hydrogen) atoms. The SMILES string of the molecule is Cc1ccc(O[C@@H]2COCC[C@@H]2NC(=O)C2=NNC(=O)CC2)cn1. The molecule has 0 unspecified atom stereocenters. The monoisotopic (exact) mass is 332 g/mol. The first-order valence-corrected chi connectivity index (χ1v) is 7.95. The summed E-state index contributed by atoms with van der Waals surface area (Å²) in [6, 6.07) is 3.52. The Morgan fingerprint density at radius 2 is 2.29 bits per heavy atom. The van der Waals surface area contributed by atoms with Crippen molar-refractivity contribution in [3.8, 4) is 5.75 Å². The molecule has 8 heteroatoms. The van der Waals surface area contributed by atoms with Gasteiger partial charge in [0.25, 0.3) is 5.91 Å². The lowest BCUT2D eigenvalue weighted by Crippen LogP contribution is -2.53. The molecule has 0 radical (unpaired) electrons. The molecule has 2 atom stereocenters. The van der Waals surface area contributed by atoms with Gasteiger partial charge in [0.05, 0.1) is 18.8 Å². The minimum atomic E-state index is -0.300. The van der Waals surface area contributed by atoms with Gasteiger partial charge in [0.15, 0.2) is 0 Å². The number of hydrogen-bond donors (Lipinski definition) is 2. The molecule has 0 saturated carbocycles. The van der Waals surface area contributed by atoms with Crippen molar-refractivity contribution in [2.45, 2.75) is 38.3 Å². The second kappa shape index (κ2) is 7.39. The number of aromatic nitrogens is 1. The summed E-state index contributed by atoms with van der Waals surface area (Å²) < 4.78 is 11.4. The molecule has 1 saturated heterocycles. The van der Waals surface area contributed by atoms with Gasteiger partial charge in [0.1, 0.15) is 17.6 Å². The van der Waals surface area contributed by atoms with E-state index >= 15 is 0 Å². The molecule has 128 valence electrons. The fourth-order valence-electron chi connectivity index (χ4n) is 2.58. The molecule has 0 aromatic carbocycles. The van der Waals surface area contributed by atoms with E-state index in [2.05, 4.69) is 20.8 Å². The molecule has 0 aliphatic carbocycles. The number of aryl methyl sites for hydroxylation is 1. The first-order chi connectivity index (χ1) is 11.6. The quantitative estimate of drug-likeness (QED) is 0.826. The third kappa shape index (κ3) is 4.08. The minimum absolute atomic E-state index is 0.175. The fourth-order valence-corrected chi connectivity index (χ4v) is 2.58. The summed E-state index contributed by atoms with van der Waals surface area (Å²) in [4.78, 5) is 27.6. The third-order valence-corrected chi connectivity index (χ3v) is 3.96. The summed E-state index contributed by atoms with van der Waals surface area (Å²) in [6.07, 6.45) is 2.62. The number of ether oxygens (including phenoxy) is 2. The zero-order valence-electron chi connectivity index (χ0n) is 13.4. The van der Waals surface area contributed by atoms with Crippen LogP contribution in [0.4, 0.5) is 0 Å². The first-order valence-electron chi connectivity index (χ1n) is 7.95. The van der Waals surface area contributed by atoms with Crippen LogP contribution in [0.3, 0.4) is 0 Å². The fraction of sp³-hybridized carbons (Fsp3) is 0.500. The van der Waals surface area contributed by atoms with Crippen LogP contribution in [-0.2, 0) is 14.3 Å². The van der Waals surface area contributed by atoms with E-state index in [0.29, 0.717) is 37.5 Å². The lowest BCUT2D eigenvalue weighted by molar-refractivity contribution is -0.121. The minimum Gasteiger partial charge on any atom is -0.484 e. The molecule has 1 aromatic heterocycles. The topological polar surface area (TPSA) is 102 Å². The predicted octanol–water partition coefficient (Wildman–Crippen LogP) is 0.309. The number of nitrogens with one attached hydrogen (secondary N) is 2. The summed E-state index contributed by atoms with van der Waals surface area (Å²) in [7, 11) is 0. The van der Waals surface area contributed by atoms with Crippen LogP contribution >= 0.6 is 0 Å². The van der Waals surface area contributed by atoms with Gasteiger partial charge in [-0.1, -0.05) is 0 Å². The maximum absolute atomic E-state index is 12.3. The average molecular weight is 332 g/mol. The zero-order chi connectivity index (χ0) is 16.9. The van der Waals surface area contributed by atoms with Gasteiger partial charge < -0.3 is 14.8 Å². The smallest absolute Gasteiger partial charge is 0.267 e. The highest BCUT2D eigenvalue weighted by molar-refractivity contribution is 6.39. The van der Waals surface area contributed by atoms with Crippen molar-refractivity contribution < 1.29 is 19.1 Å². The van der Waals surface area contributed by atoms with Gasteiger partial charge in [0.2, 0.25) is 5.91 Å². The van der Waals surface area contributed by atoms with Gasteiger partial charge >= 0.3 is 0 Å². The molecule has 2 aliphatic rings. The van der Waals surface area contributed by atoms with Crippen LogP contribution < -0.4 is 15.5 Å². The summed E-state index contributed by atoms with van der Waals surface area (Å²) in [6.45, 7) is 2.85. The summed E-state index contributed by atoms with van der Waals surface area (Å²) in [5.41, 5.74) is 3.57. The van der Waals surface area contributed by atoms with Crippen molar-refractivity contribution in [2.75, 3.05) is 13.2 Å². The van der Waals surface area contributed by atoms with Crippen molar-refractivity contribution >= 4 is 17.5 Å². The van der Waals surface area contributed by atoms with Gasteiger partial charge in [-0.15, -0.1) is 0 Å². The summed E-state index contributed by atoms with van der Waals surface area (Å²) >= 11 is 0. The van der Waals surface area contributed by atoms with Crippen LogP contribution in [0.1, 0.15) is 25.0 Å². The highest BCUT2D eigenvalue weighted by Gasteiger charge is 2.30. The molecular weight excluding hydrogens is 312 g/mol. The maximum atomic E-state index is 12.3. The molecule has 1 aromatic rings. The number of amides is 2. The van der Waals surface area contributed by atoms with E-state index in [1.54, 1.807) is 6.20 Å². The number of carbonyl (C=O) groups excluding carboxylic acids is 2. The Balaban J connectivity index is 1.62. The Labute approximate surface area is 139 Å². The molecule has 1 fully saturated rings. The van der Waals surface area contributed by atoms with Crippen molar-refractivity contribution in [1.29, 1.82) is 0 Å². The lowest BCUT2D eigenvalue weighted by atomic mass is 10.0. The highest BCUT2D eigenvalue weighted by atomic mass is 16.5. The molecule has 2 aliphatic heterocycles. The van der Waals surface area contributed by atoms with Crippen LogP contribution in [0.25, 0.3) is 0 Å². The highest BCUT2D eigenvalue weighted by Crippen LogP contribution is 2.17. The maximum Gasteiger partial charge on any atom is 0.267 e. The first kappa shape index (κ1) is 16.4. The molecule has 3 heterocycles. The summed E-state index contributed by atoms with van der Waals surface area (Å²) in [5.74, 6) is 0.181. The van der Waals surface area contributed by atoms with E-state index in [4.69, 9.17) is 9.47 Å². The van der Waals surface area contributed by atoms with Crippen LogP contribution in [-0.4, -0.2) is 47.9 Å². The van der Waals surface area contributed by atoms with E-state index in [1.165, 1.54) is 0 Å².